The number of nitrogens with zero attached hydrogens (tertiary/aromatic N) is 1. The average Bonchev–Trinajstić information content (AvgIpc) is 2.77. The standard InChI is InChI=1S/C24H30N2O5/c1-4-5-15-30-21-13-11-19(12-14-21)24(29)25-16-23(28)31-17-22(27)26(18(2)3)20-9-7-6-8-10-20/h6-14,18H,4-5,15-17H2,1-3H3,(H,25,29). The number of unbranched alkanes of at least 4 members (excludes halogenated alkanes) is 1. The number of anilines is 1. The number of amides is 2. The predicted molar refractivity (Wildman–Crippen MR) is 119 cm³/mol. The maximum absolute atomic E-state index is 12.5. The van der Waals surface area contributed by atoms with Crippen LogP contribution in [0.15, 0.2) is 54.6 Å². The number of rotatable bonds is 11. The Labute approximate surface area is 183 Å². The lowest BCUT2D eigenvalue weighted by atomic mass is 10.2. The second kappa shape index (κ2) is 12.4. The first-order chi connectivity index (χ1) is 14.9. The Balaban J connectivity index is 1.79. The highest BCUT2D eigenvalue weighted by molar-refractivity contribution is 5.97. The summed E-state index contributed by atoms with van der Waals surface area (Å²) >= 11 is 0. The van der Waals surface area contributed by atoms with Crippen LogP contribution in [0.2, 0.25) is 0 Å². The van der Waals surface area contributed by atoms with E-state index in [1.165, 1.54) is 0 Å². The van der Waals surface area contributed by atoms with Crippen LogP contribution in [0.25, 0.3) is 0 Å². The van der Waals surface area contributed by atoms with Gasteiger partial charge in [0, 0.05) is 17.3 Å². The topological polar surface area (TPSA) is 84.9 Å². The number of esters is 1. The van der Waals surface area contributed by atoms with E-state index in [1.807, 2.05) is 44.2 Å². The lowest BCUT2D eigenvalue weighted by Crippen LogP contribution is -2.40. The number of ether oxygens (including phenoxy) is 2. The van der Waals surface area contributed by atoms with Crippen molar-refractivity contribution in [3.8, 4) is 5.75 Å². The molecule has 0 aliphatic carbocycles. The van der Waals surface area contributed by atoms with Gasteiger partial charge >= 0.3 is 5.97 Å². The van der Waals surface area contributed by atoms with E-state index >= 15 is 0 Å². The number of carbonyl (C=O) groups is 3. The number of hydrogen-bond acceptors (Lipinski definition) is 5. The molecule has 0 fully saturated rings. The molecular formula is C24H30N2O5. The van der Waals surface area contributed by atoms with E-state index in [9.17, 15) is 14.4 Å². The molecule has 0 saturated heterocycles. The molecule has 0 radical (unpaired) electrons. The Kier molecular flexibility index (Phi) is 9.55. The van der Waals surface area contributed by atoms with Crippen LogP contribution in [0, 0.1) is 0 Å². The molecule has 0 aliphatic heterocycles. The smallest absolute Gasteiger partial charge is 0.325 e. The van der Waals surface area contributed by atoms with E-state index < -0.39 is 18.5 Å². The van der Waals surface area contributed by atoms with Crippen LogP contribution in [0.3, 0.4) is 0 Å². The van der Waals surface area contributed by atoms with Crippen molar-refractivity contribution in [1.82, 2.24) is 5.32 Å². The molecule has 31 heavy (non-hydrogen) atoms. The maximum Gasteiger partial charge on any atom is 0.325 e. The molecule has 7 nitrogen and oxygen atoms in total. The van der Waals surface area contributed by atoms with E-state index in [1.54, 1.807) is 29.2 Å². The summed E-state index contributed by atoms with van der Waals surface area (Å²) in [6, 6.07) is 15.8. The summed E-state index contributed by atoms with van der Waals surface area (Å²) in [7, 11) is 0. The molecule has 0 aliphatic rings. The minimum absolute atomic E-state index is 0.0952. The largest absolute Gasteiger partial charge is 0.494 e. The molecule has 7 heteroatoms. The van der Waals surface area contributed by atoms with Gasteiger partial charge in [0.2, 0.25) is 0 Å². The zero-order valence-corrected chi connectivity index (χ0v) is 18.3. The monoisotopic (exact) mass is 426 g/mol. The van der Waals surface area contributed by atoms with Gasteiger partial charge in [-0.1, -0.05) is 31.5 Å². The quantitative estimate of drug-likeness (QED) is 0.439. The summed E-state index contributed by atoms with van der Waals surface area (Å²) in [5.74, 6) is -0.731. The van der Waals surface area contributed by atoms with Crippen molar-refractivity contribution < 1.29 is 23.9 Å². The van der Waals surface area contributed by atoms with Crippen molar-refractivity contribution in [2.75, 3.05) is 24.7 Å². The van der Waals surface area contributed by atoms with Crippen LogP contribution in [-0.2, 0) is 14.3 Å². The lowest BCUT2D eigenvalue weighted by Gasteiger charge is -2.26. The number of benzene rings is 2. The minimum Gasteiger partial charge on any atom is -0.494 e. The Morgan fingerprint density at radius 3 is 2.29 bits per heavy atom. The van der Waals surface area contributed by atoms with E-state index in [0.29, 0.717) is 17.9 Å². The van der Waals surface area contributed by atoms with Crippen molar-refractivity contribution in [2.45, 2.75) is 39.7 Å². The molecule has 0 unspecified atom stereocenters. The number of nitrogens with one attached hydrogen (secondary N) is 1. The van der Waals surface area contributed by atoms with Crippen molar-refractivity contribution in [3.63, 3.8) is 0 Å². The predicted octanol–water partition coefficient (Wildman–Crippen LogP) is 3.58. The number of hydrogen-bond donors (Lipinski definition) is 1. The summed E-state index contributed by atoms with van der Waals surface area (Å²) in [6.45, 7) is 5.76. The molecule has 0 spiro atoms. The molecule has 0 aromatic heterocycles. The van der Waals surface area contributed by atoms with Gasteiger partial charge in [-0.25, -0.2) is 0 Å². The molecular weight excluding hydrogens is 396 g/mol. The second-order valence-corrected chi connectivity index (χ2v) is 7.26. The first kappa shape index (κ1) is 23.9. The maximum atomic E-state index is 12.5. The molecule has 166 valence electrons. The SMILES string of the molecule is CCCCOc1ccc(C(=O)NCC(=O)OCC(=O)N(c2ccccc2)C(C)C)cc1. The molecule has 2 rings (SSSR count). The third-order valence-corrected chi connectivity index (χ3v) is 4.45. The molecule has 0 heterocycles. The minimum atomic E-state index is -0.682. The molecule has 2 aromatic carbocycles. The second-order valence-electron chi connectivity index (χ2n) is 7.26. The number of carbonyl (C=O) groups excluding carboxylic acids is 3. The summed E-state index contributed by atoms with van der Waals surface area (Å²) in [6.07, 6.45) is 2.01. The van der Waals surface area contributed by atoms with E-state index in [2.05, 4.69) is 12.2 Å². The highest BCUT2D eigenvalue weighted by Crippen LogP contribution is 2.17. The van der Waals surface area contributed by atoms with Gasteiger partial charge in [-0.05, 0) is 56.7 Å². The Bertz CT molecular complexity index is 850. The fourth-order valence-electron chi connectivity index (χ4n) is 2.87. The van der Waals surface area contributed by atoms with Crippen LogP contribution < -0.4 is 15.0 Å². The van der Waals surface area contributed by atoms with E-state index in [4.69, 9.17) is 9.47 Å². The Morgan fingerprint density at radius 2 is 1.68 bits per heavy atom. The van der Waals surface area contributed by atoms with Gasteiger partial charge in [0.25, 0.3) is 11.8 Å². The average molecular weight is 427 g/mol. The summed E-state index contributed by atoms with van der Waals surface area (Å²) in [5.41, 5.74) is 1.13. The van der Waals surface area contributed by atoms with E-state index in [-0.39, 0.29) is 18.5 Å². The fraction of sp³-hybridized carbons (Fsp3) is 0.375. The van der Waals surface area contributed by atoms with Crippen LogP contribution in [-0.4, -0.2) is 43.6 Å². The van der Waals surface area contributed by atoms with Crippen LogP contribution in [0.1, 0.15) is 44.0 Å². The van der Waals surface area contributed by atoms with Gasteiger partial charge in [0.15, 0.2) is 6.61 Å². The fourth-order valence-corrected chi connectivity index (χ4v) is 2.87. The normalized spacial score (nSPS) is 10.5. The van der Waals surface area contributed by atoms with Gasteiger partial charge < -0.3 is 19.7 Å². The zero-order chi connectivity index (χ0) is 22.6. The van der Waals surface area contributed by atoms with Crippen molar-refractivity contribution in [3.05, 3.63) is 60.2 Å². The van der Waals surface area contributed by atoms with Gasteiger partial charge in [-0.3, -0.25) is 14.4 Å². The van der Waals surface area contributed by atoms with Crippen LogP contribution >= 0.6 is 0 Å². The van der Waals surface area contributed by atoms with Crippen molar-refractivity contribution in [1.29, 1.82) is 0 Å². The summed E-state index contributed by atoms with van der Waals surface area (Å²) in [4.78, 5) is 38.3. The van der Waals surface area contributed by atoms with E-state index in [0.717, 1.165) is 18.5 Å². The molecule has 1 N–H and O–H groups in total. The Hall–Kier alpha value is -3.35. The first-order valence-corrected chi connectivity index (χ1v) is 10.5. The van der Waals surface area contributed by atoms with Gasteiger partial charge in [0.1, 0.15) is 12.3 Å². The van der Waals surface area contributed by atoms with Gasteiger partial charge in [-0.2, -0.15) is 0 Å². The highest BCUT2D eigenvalue weighted by Gasteiger charge is 2.20. The third kappa shape index (κ3) is 7.77. The summed E-state index contributed by atoms with van der Waals surface area (Å²) < 4.78 is 10.6. The summed E-state index contributed by atoms with van der Waals surface area (Å²) in [5, 5.41) is 2.50. The zero-order valence-electron chi connectivity index (χ0n) is 18.3. The lowest BCUT2D eigenvalue weighted by molar-refractivity contribution is -0.146. The molecule has 2 amide bonds. The van der Waals surface area contributed by atoms with Crippen molar-refractivity contribution >= 4 is 23.5 Å². The van der Waals surface area contributed by atoms with Gasteiger partial charge in [-0.15, -0.1) is 0 Å². The van der Waals surface area contributed by atoms with Gasteiger partial charge in [0.05, 0.1) is 6.61 Å². The van der Waals surface area contributed by atoms with Crippen LogP contribution in [0.4, 0.5) is 5.69 Å². The van der Waals surface area contributed by atoms with Crippen LogP contribution in [0.5, 0.6) is 5.75 Å². The van der Waals surface area contributed by atoms with Crippen molar-refractivity contribution in [2.24, 2.45) is 0 Å². The molecule has 0 bridgehead atoms. The number of para-hydroxylation sites is 1. The Morgan fingerprint density at radius 1 is 1.00 bits per heavy atom. The molecule has 2 aromatic rings. The third-order valence-electron chi connectivity index (χ3n) is 4.45. The highest BCUT2D eigenvalue weighted by atomic mass is 16.5. The first-order valence-electron chi connectivity index (χ1n) is 10.5. The molecule has 0 saturated carbocycles. The molecule has 0 atom stereocenters.